The van der Waals surface area contributed by atoms with Gasteiger partial charge < -0.3 is 15.5 Å². The molecule has 2 N–H and O–H groups in total. The van der Waals surface area contributed by atoms with E-state index < -0.39 is 0 Å². The first-order valence-corrected chi connectivity index (χ1v) is 9.63. The van der Waals surface area contributed by atoms with Gasteiger partial charge in [-0.25, -0.2) is 9.37 Å². The Balaban J connectivity index is 1.41. The van der Waals surface area contributed by atoms with E-state index in [-0.39, 0.29) is 5.82 Å². The molecule has 0 atom stereocenters. The van der Waals surface area contributed by atoms with Gasteiger partial charge in [0.2, 0.25) is 5.95 Å². The van der Waals surface area contributed by atoms with E-state index in [1.165, 1.54) is 30.7 Å². The summed E-state index contributed by atoms with van der Waals surface area (Å²) >= 11 is 0. The van der Waals surface area contributed by atoms with Crippen molar-refractivity contribution >= 4 is 28.8 Å². The quantitative estimate of drug-likeness (QED) is 0.629. The highest BCUT2D eigenvalue weighted by Gasteiger charge is 2.15. The van der Waals surface area contributed by atoms with Crippen LogP contribution in [0, 0.1) is 11.7 Å². The van der Waals surface area contributed by atoms with Crippen LogP contribution < -0.4 is 15.5 Å². The van der Waals surface area contributed by atoms with Gasteiger partial charge in [-0.2, -0.15) is 4.98 Å². The summed E-state index contributed by atoms with van der Waals surface area (Å²) in [7, 11) is 0. The highest BCUT2D eigenvalue weighted by Crippen LogP contribution is 2.25. The van der Waals surface area contributed by atoms with Gasteiger partial charge in [-0.15, -0.1) is 0 Å². The minimum Gasteiger partial charge on any atom is -0.372 e. The SMILES string of the molecule is CC1CCN(c2ccc(Nc3nccc(Nc4cccc(F)c4)n3)cc2)CC1. The second-order valence-corrected chi connectivity index (χ2v) is 7.24. The molecule has 5 nitrogen and oxygen atoms in total. The number of hydrogen-bond acceptors (Lipinski definition) is 5. The van der Waals surface area contributed by atoms with Gasteiger partial charge in [0.15, 0.2) is 0 Å². The number of halogens is 1. The summed E-state index contributed by atoms with van der Waals surface area (Å²) in [4.78, 5) is 11.1. The fraction of sp³-hybridized carbons (Fsp3) is 0.273. The van der Waals surface area contributed by atoms with Crippen molar-refractivity contribution in [2.45, 2.75) is 19.8 Å². The molecule has 4 rings (SSSR count). The van der Waals surface area contributed by atoms with Crippen molar-refractivity contribution in [3.63, 3.8) is 0 Å². The van der Waals surface area contributed by atoms with Crippen molar-refractivity contribution in [2.75, 3.05) is 28.6 Å². The van der Waals surface area contributed by atoms with Gasteiger partial charge in [-0.1, -0.05) is 13.0 Å². The number of piperidine rings is 1. The number of nitrogens with zero attached hydrogens (tertiary/aromatic N) is 3. The minimum absolute atomic E-state index is 0.291. The molecule has 144 valence electrons. The van der Waals surface area contributed by atoms with E-state index in [9.17, 15) is 4.39 Å². The normalized spacial score (nSPS) is 14.7. The standard InChI is InChI=1S/C22H24FN5/c1-16-10-13-28(14-11-16)20-7-5-18(6-8-20)26-22-24-12-9-21(27-22)25-19-4-2-3-17(23)15-19/h2-9,12,15-16H,10-11,13-14H2,1H3,(H2,24,25,26,27). The second-order valence-electron chi connectivity index (χ2n) is 7.24. The first-order valence-electron chi connectivity index (χ1n) is 9.63. The van der Waals surface area contributed by atoms with Crippen LogP contribution in [0.15, 0.2) is 60.8 Å². The first-order chi connectivity index (χ1) is 13.7. The Bertz CT molecular complexity index is 920. The third-order valence-electron chi connectivity index (χ3n) is 5.02. The van der Waals surface area contributed by atoms with Crippen LogP contribution in [0.3, 0.4) is 0 Å². The van der Waals surface area contributed by atoms with E-state index in [0.29, 0.717) is 17.5 Å². The molecule has 0 saturated carbocycles. The minimum atomic E-state index is -0.291. The number of nitrogens with one attached hydrogen (secondary N) is 2. The monoisotopic (exact) mass is 377 g/mol. The number of aromatic nitrogens is 2. The summed E-state index contributed by atoms with van der Waals surface area (Å²) in [6.07, 6.45) is 4.16. The van der Waals surface area contributed by atoms with Gasteiger partial charge in [-0.05, 0) is 67.3 Å². The maximum Gasteiger partial charge on any atom is 0.229 e. The Morgan fingerprint density at radius 1 is 0.964 bits per heavy atom. The van der Waals surface area contributed by atoms with Crippen LogP contribution in [0.4, 0.5) is 33.2 Å². The van der Waals surface area contributed by atoms with Crippen LogP contribution in [0.2, 0.25) is 0 Å². The van der Waals surface area contributed by atoms with Gasteiger partial charge in [0.05, 0.1) is 0 Å². The van der Waals surface area contributed by atoms with E-state index in [0.717, 1.165) is 24.7 Å². The zero-order chi connectivity index (χ0) is 19.3. The van der Waals surface area contributed by atoms with E-state index >= 15 is 0 Å². The van der Waals surface area contributed by atoms with Gasteiger partial charge >= 0.3 is 0 Å². The number of benzene rings is 2. The molecule has 6 heteroatoms. The molecule has 1 aliphatic heterocycles. The summed E-state index contributed by atoms with van der Waals surface area (Å²) in [5, 5.41) is 6.31. The van der Waals surface area contributed by atoms with Crippen LogP contribution in [-0.2, 0) is 0 Å². The van der Waals surface area contributed by atoms with Gasteiger partial charge in [-0.3, -0.25) is 0 Å². The molecule has 0 bridgehead atoms. The summed E-state index contributed by atoms with van der Waals surface area (Å²) in [5.41, 5.74) is 2.82. The Labute approximate surface area is 164 Å². The maximum atomic E-state index is 13.3. The lowest BCUT2D eigenvalue weighted by atomic mass is 9.99. The van der Waals surface area contributed by atoms with Crippen LogP contribution in [0.1, 0.15) is 19.8 Å². The molecule has 28 heavy (non-hydrogen) atoms. The van der Waals surface area contributed by atoms with Crippen LogP contribution in [-0.4, -0.2) is 23.1 Å². The summed E-state index contributed by atoms with van der Waals surface area (Å²) in [5.74, 6) is 1.62. The molecule has 0 aliphatic carbocycles. The highest BCUT2D eigenvalue weighted by atomic mass is 19.1. The van der Waals surface area contributed by atoms with Gasteiger partial charge in [0, 0.05) is 36.3 Å². The predicted molar refractivity (Wildman–Crippen MR) is 112 cm³/mol. The van der Waals surface area contributed by atoms with Crippen LogP contribution in [0.25, 0.3) is 0 Å². The Morgan fingerprint density at radius 3 is 2.50 bits per heavy atom. The molecule has 0 amide bonds. The summed E-state index contributed by atoms with van der Waals surface area (Å²) < 4.78 is 13.3. The molecule has 3 aromatic rings. The molecule has 0 unspecified atom stereocenters. The van der Waals surface area contributed by atoms with Crippen molar-refractivity contribution in [2.24, 2.45) is 5.92 Å². The fourth-order valence-electron chi connectivity index (χ4n) is 3.35. The zero-order valence-electron chi connectivity index (χ0n) is 15.9. The largest absolute Gasteiger partial charge is 0.372 e. The molecular weight excluding hydrogens is 353 g/mol. The van der Waals surface area contributed by atoms with Crippen molar-refractivity contribution in [1.29, 1.82) is 0 Å². The number of hydrogen-bond donors (Lipinski definition) is 2. The van der Waals surface area contributed by atoms with Crippen molar-refractivity contribution in [3.05, 3.63) is 66.6 Å². The third-order valence-corrected chi connectivity index (χ3v) is 5.02. The van der Waals surface area contributed by atoms with Crippen molar-refractivity contribution in [1.82, 2.24) is 9.97 Å². The third kappa shape index (κ3) is 4.57. The second kappa shape index (κ2) is 8.25. The lowest BCUT2D eigenvalue weighted by molar-refractivity contribution is 0.438. The van der Waals surface area contributed by atoms with Crippen molar-refractivity contribution < 1.29 is 4.39 Å². The molecule has 0 spiro atoms. The van der Waals surface area contributed by atoms with Gasteiger partial charge in [0.25, 0.3) is 0 Å². The van der Waals surface area contributed by atoms with E-state index in [2.05, 4.69) is 44.6 Å². The molecular formula is C22H24FN5. The van der Waals surface area contributed by atoms with Gasteiger partial charge in [0.1, 0.15) is 11.6 Å². The average Bonchev–Trinajstić information content (AvgIpc) is 2.70. The van der Waals surface area contributed by atoms with Crippen LogP contribution >= 0.6 is 0 Å². The summed E-state index contributed by atoms with van der Waals surface area (Å²) in [6, 6.07) is 16.4. The topological polar surface area (TPSA) is 53.1 Å². The van der Waals surface area contributed by atoms with E-state index in [1.807, 2.05) is 12.1 Å². The Morgan fingerprint density at radius 2 is 1.75 bits per heavy atom. The zero-order valence-corrected chi connectivity index (χ0v) is 15.9. The predicted octanol–water partition coefficient (Wildman–Crippen LogP) is 5.34. The fourth-order valence-corrected chi connectivity index (χ4v) is 3.35. The molecule has 1 fully saturated rings. The lowest BCUT2D eigenvalue weighted by Gasteiger charge is -2.32. The number of anilines is 5. The summed E-state index contributed by atoms with van der Waals surface area (Å²) in [6.45, 7) is 4.55. The molecule has 2 heterocycles. The lowest BCUT2D eigenvalue weighted by Crippen LogP contribution is -2.32. The Hall–Kier alpha value is -3.15. The molecule has 2 aromatic carbocycles. The number of rotatable bonds is 5. The molecule has 1 aromatic heterocycles. The Kier molecular flexibility index (Phi) is 5.37. The average molecular weight is 377 g/mol. The maximum absolute atomic E-state index is 13.3. The van der Waals surface area contributed by atoms with Crippen LogP contribution in [0.5, 0.6) is 0 Å². The molecule has 0 radical (unpaired) electrons. The first kappa shape index (κ1) is 18.2. The molecule has 1 saturated heterocycles. The van der Waals surface area contributed by atoms with E-state index in [1.54, 1.807) is 24.4 Å². The van der Waals surface area contributed by atoms with Crippen molar-refractivity contribution in [3.8, 4) is 0 Å². The molecule has 1 aliphatic rings. The highest BCUT2D eigenvalue weighted by molar-refractivity contribution is 5.61. The smallest absolute Gasteiger partial charge is 0.229 e. The van der Waals surface area contributed by atoms with E-state index in [4.69, 9.17) is 0 Å².